The second kappa shape index (κ2) is 7.37. The zero-order valence-electron chi connectivity index (χ0n) is 17.0. The Morgan fingerprint density at radius 1 is 0.906 bits per heavy atom. The van der Waals surface area contributed by atoms with Gasteiger partial charge in [-0.05, 0) is 54.5 Å². The molecule has 2 aromatic rings. The molecule has 4 amide bonds. The second-order valence-electron chi connectivity index (χ2n) is 8.40. The van der Waals surface area contributed by atoms with Crippen LogP contribution in [0.2, 0.25) is 0 Å². The van der Waals surface area contributed by atoms with Gasteiger partial charge in [0.1, 0.15) is 6.04 Å². The minimum absolute atomic E-state index is 0.0354. The maximum Gasteiger partial charge on any atom is 0.262 e. The topological polar surface area (TPSA) is 118 Å². The molecule has 2 heterocycles. The molecule has 1 saturated heterocycles. The highest BCUT2D eigenvalue weighted by molar-refractivity contribution is 7.90. The van der Waals surface area contributed by atoms with E-state index in [2.05, 4.69) is 5.32 Å². The van der Waals surface area contributed by atoms with E-state index in [0.29, 0.717) is 10.5 Å². The van der Waals surface area contributed by atoms with E-state index in [1.165, 1.54) is 18.2 Å². The zero-order chi connectivity index (χ0) is 22.6. The van der Waals surface area contributed by atoms with Crippen LogP contribution in [-0.4, -0.2) is 43.0 Å². The number of amides is 4. The molecule has 1 N–H and O–H groups in total. The monoisotopic (exact) mass is 452 g/mol. The van der Waals surface area contributed by atoms with E-state index >= 15 is 0 Å². The van der Waals surface area contributed by atoms with E-state index in [1.807, 2.05) is 12.1 Å². The maximum absolute atomic E-state index is 13.1. The number of sulfone groups is 1. The maximum atomic E-state index is 13.1. The molecular weight excluding hydrogens is 432 g/mol. The highest BCUT2D eigenvalue weighted by Crippen LogP contribution is 2.43. The summed E-state index contributed by atoms with van der Waals surface area (Å²) in [5.41, 5.74) is 1.41. The highest BCUT2D eigenvalue weighted by atomic mass is 32.2. The van der Waals surface area contributed by atoms with Crippen molar-refractivity contribution in [2.45, 2.75) is 48.3 Å². The van der Waals surface area contributed by atoms with E-state index in [1.54, 1.807) is 12.1 Å². The molecule has 0 spiro atoms. The number of carbonyl (C=O) groups excluding carboxylic acids is 4. The van der Waals surface area contributed by atoms with E-state index in [0.717, 1.165) is 23.3 Å². The summed E-state index contributed by atoms with van der Waals surface area (Å²) < 4.78 is 26.3. The number of hydrogen-bond donors (Lipinski definition) is 1. The van der Waals surface area contributed by atoms with E-state index in [9.17, 15) is 27.6 Å². The largest absolute Gasteiger partial charge is 0.295 e. The fraction of sp³-hybridized carbons (Fsp3) is 0.304. The Morgan fingerprint density at radius 3 is 2.34 bits per heavy atom. The van der Waals surface area contributed by atoms with Gasteiger partial charge in [0.05, 0.1) is 21.8 Å². The average Bonchev–Trinajstić information content (AvgIpc) is 3.57. The van der Waals surface area contributed by atoms with Crippen molar-refractivity contribution in [2.75, 3.05) is 0 Å². The Kier molecular flexibility index (Phi) is 4.74. The summed E-state index contributed by atoms with van der Waals surface area (Å²) in [6.07, 6.45) is 2.04. The van der Waals surface area contributed by atoms with E-state index in [-0.39, 0.29) is 35.6 Å². The average molecular weight is 452 g/mol. The lowest BCUT2D eigenvalue weighted by Crippen LogP contribution is -2.54. The molecule has 2 fully saturated rings. The lowest BCUT2D eigenvalue weighted by molar-refractivity contribution is -0.136. The molecule has 32 heavy (non-hydrogen) atoms. The molecule has 9 heteroatoms. The van der Waals surface area contributed by atoms with Crippen molar-refractivity contribution in [3.05, 3.63) is 64.7 Å². The number of hydrogen-bond acceptors (Lipinski definition) is 6. The van der Waals surface area contributed by atoms with Crippen molar-refractivity contribution in [1.82, 2.24) is 10.2 Å². The standard InChI is InChI=1S/C23H20N2O6S/c26-20-10-9-18(21(27)24-20)25-22(28)16-8-5-13(11-17(16)23(25)29)12-32(30,31)19-4-2-1-3-15(19)14-6-7-14/h1-5,8,11,14,18H,6-7,9-10,12H2,(H,24,26,27). The van der Waals surface area contributed by atoms with Gasteiger partial charge in [-0.25, -0.2) is 8.42 Å². The number of nitrogens with zero attached hydrogens (tertiary/aromatic N) is 1. The van der Waals surface area contributed by atoms with Crippen LogP contribution in [-0.2, 0) is 25.2 Å². The SMILES string of the molecule is O=C1CCC(N2C(=O)c3ccc(CS(=O)(=O)c4ccccc4C4CC4)cc3C2=O)C(=O)N1. The fourth-order valence-electron chi connectivity index (χ4n) is 4.40. The first kappa shape index (κ1) is 20.6. The molecule has 5 rings (SSSR count). The first-order valence-electron chi connectivity index (χ1n) is 10.4. The van der Waals surface area contributed by atoms with E-state index in [4.69, 9.17) is 0 Å². The van der Waals surface area contributed by atoms with Crippen LogP contribution in [0, 0.1) is 0 Å². The minimum Gasteiger partial charge on any atom is -0.295 e. The van der Waals surface area contributed by atoms with Crippen LogP contribution in [0.3, 0.4) is 0 Å². The summed E-state index contributed by atoms with van der Waals surface area (Å²) >= 11 is 0. The lowest BCUT2D eigenvalue weighted by atomic mass is 10.0. The third kappa shape index (κ3) is 3.42. The van der Waals surface area contributed by atoms with Crippen LogP contribution in [0.1, 0.15) is 63.4 Å². The highest BCUT2D eigenvalue weighted by Gasteiger charge is 2.44. The van der Waals surface area contributed by atoms with Gasteiger partial charge >= 0.3 is 0 Å². The van der Waals surface area contributed by atoms with Crippen molar-refractivity contribution < 1.29 is 27.6 Å². The van der Waals surface area contributed by atoms with Crippen LogP contribution in [0.4, 0.5) is 0 Å². The van der Waals surface area contributed by atoms with Crippen molar-refractivity contribution >= 4 is 33.5 Å². The molecule has 1 unspecified atom stereocenters. The molecule has 0 radical (unpaired) electrons. The van der Waals surface area contributed by atoms with Gasteiger partial charge < -0.3 is 0 Å². The number of rotatable bonds is 5. The summed E-state index contributed by atoms with van der Waals surface area (Å²) in [6.45, 7) is 0. The Bertz CT molecular complexity index is 1300. The van der Waals surface area contributed by atoms with Gasteiger partial charge in [0.25, 0.3) is 11.8 Å². The normalized spacial score (nSPS) is 21.0. The molecule has 2 aromatic carbocycles. The zero-order valence-corrected chi connectivity index (χ0v) is 17.9. The Labute approximate surface area is 184 Å². The molecule has 1 aliphatic carbocycles. The third-order valence-corrected chi connectivity index (χ3v) is 7.89. The predicted octanol–water partition coefficient (Wildman–Crippen LogP) is 1.94. The van der Waals surface area contributed by atoms with Gasteiger partial charge in [-0.15, -0.1) is 0 Å². The molecule has 1 saturated carbocycles. The molecule has 1 atom stereocenters. The number of carbonyl (C=O) groups is 4. The minimum atomic E-state index is -3.66. The van der Waals surface area contributed by atoms with Crippen molar-refractivity contribution in [1.29, 1.82) is 0 Å². The Morgan fingerprint density at radius 2 is 1.62 bits per heavy atom. The van der Waals surface area contributed by atoms with Crippen LogP contribution >= 0.6 is 0 Å². The fourth-order valence-corrected chi connectivity index (χ4v) is 6.05. The summed E-state index contributed by atoms with van der Waals surface area (Å²) in [5.74, 6) is -2.44. The van der Waals surface area contributed by atoms with Crippen molar-refractivity contribution in [3.63, 3.8) is 0 Å². The molecular formula is C23H20N2O6S. The number of imide groups is 2. The van der Waals surface area contributed by atoms with Gasteiger partial charge in [0.15, 0.2) is 9.84 Å². The van der Waals surface area contributed by atoms with Crippen LogP contribution in [0.5, 0.6) is 0 Å². The van der Waals surface area contributed by atoms with Gasteiger partial charge in [-0.3, -0.25) is 29.4 Å². The summed E-state index contributed by atoms with van der Waals surface area (Å²) in [6, 6.07) is 10.3. The van der Waals surface area contributed by atoms with Gasteiger partial charge in [0.2, 0.25) is 11.8 Å². The molecule has 8 nitrogen and oxygen atoms in total. The quantitative estimate of drug-likeness (QED) is 0.693. The Hall–Kier alpha value is -3.33. The number of benzene rings is 2. The molecule has 3 aliphatic rings. The first-order valence-corrected chi connectivity index (χ1v) is 12.1. The molecule has 0 aromatic heterocycles. The summed E-state index contributed by atoms with van der Waals surface area (Å²) in [7, 11) is -3.66. The number of nitrogens with one attached hydrogen (secondary N) is 1. The number of fused-ring (bicyclic) bond motifs is 1. The third-order valence-electron chi connectivity index (χ3n) is 6.13. The van der Waals surface area contributed by atoms with Gasteiger partial charge in [0, 0.05) is 6.42 Å². The first-order chi connectivity index (χ1) is 15.3. The summed E-state index contributed by atoms with van der Waals surface area (Å²) in [4.78, 5) is 50.5. The lowest BCUT2D eigenvalue weighted by Gasteiger charge is -2.27. The van der Waals surface area contributed by atoms with Crippen LogP contribution in [0.25, 0.3) is 0 Å². The van der Waals surface area contributed by atoms with Gasteiger partial charge in [-0.1, -0.05) is 24.3 Å². The van der Waals surface area contributed by atoms with Crippen molar-refractivity contribution in [2.24, 2.45) is 0 Å². The molecule has 164 valence electrons. The molecule has 0 bridgehead atoms. The van der Waals surface area contributed by atoms with E-state index < -0.39 is 39.5 Å². The molecule has 2 aliphatic heterocycles. The van der Waals surface area contributed by atoms with Crippen LogP contribution in [0.15, 0.2) is 47.4 Å². The number of piperidine rings is 1. The second-order valence-corrected chi connectivity index (χ2v) is 10.4. The Balaban J connectivity index is 1.43. The summed E-state index contributed by atoms with van der Waals surface area (Å²) in [5, 5.41) is 2.15. The van der Waals surface area contributed by atoms with Crippen molar-refractivity contribution in [3.8, 4) is 0 Å². The smallest absolute Gasteiger partial charge is 0.262 e. The van der Waals surface area contributed by atoms with Crippen LogP contribution < -0.4 is 5.32 Å². The predicted molar refractivity (Wildman–Crippen MR) is 112 cm³/mol. The van der Waals surface area contributed by atoms with Gasteiger partial charge in [-0.2, -0.15) is 0 Å².